The van der Waals surface area contributed by atoms with Crippen LogP contribution in [-0.4, -0.2) is 64.7 Å². The summed E-state index contributed by atoms with van der Waals surface area (Å²) in [4.78, 5) is 22.1. The second kappa shape index (κ2) is 9.55. The van der Waals surface area contributed by atoms with Gasteiger partial charge in [0.05, 0.1) is 19.8 Å². The van der Waals surface area contributed by atoms with Crippen molar-refractivity contribution < 1.29 is 9.53 Å². The fourth-order valence-corrected chi connectivity index (χ4v) is 4.04. The highest BCUT2D eigenvalue weighted by atomic mass is 16.5. The summed E-state index contributed by atoms with van der Waals surface area (Å²) in [5.74, 6) is 1.47. The molecule has 2 aromatic rings. The van der Waals surface area contributed by atoms with Gasteiger partial charge in [0, 0.05) is 51.0 Å². The Morgan fingerprint density at radius 2 is 2.03 bits per heavy atom. The van der Waals surface area contributed by atoms with Crippen molar-refractivity contribution in [3.63, 3.8) is 0 Å². The van der Waals surface area contributed by atoms with Crippen LogP contribution in [-0.2, 0) is 22.6 Å². The number of hydrogen-bond acceptors (Lipinski definition) is 4. The highest BCUT2D eigenvalue weighted by Gasteiger charge is 2.30. The molecule has 0 N–H and O–H groups in total. The molecule has 2 heterocycles. The first-order chi connectivity index (χ1) is 14.2. The monoisotopic (exact) mass is 396 g/mol. The molecular weight excluding hydrogens is 364 g/mol. The minimum Gasteiger partial charge on any atom is -0.379 e. The van der Waals surface area contributed by atoms with Gasteiger partial charge in [-0.25, -0.2) is 4.98 Å². The number of rotatable bonds is 8. The number of aryl methyl sites for hydroxylation is 1. The van der Waals surface area contributed by atoms with Crippen molar-refractivity contribution in [3.8, 4) is 0 Å². The molecule has 2 fully saturated rings. The topological polar surface area (TPSA) is 50.6 Å². The van der Waals surface area contributed by atoms with Gasteiger partial charge >= 0.3 is 0 Å². The third-order valence-corrected chi connectivity index (χ3v) is 6.29. The largest absolute Gasteiger partial charge is 0.379 e. The van der Waals surface area contributed by atoms with Crippen LogP contribution in [0.3, 0.4) is 0 Å². The molecule has 1 saturated carbocycles. The fourth-order valence-electron chi connectivity index (χ4n) is 4.04. The Kier molecular flexibility index (Phi) is 6.62. The third kappa shape index (κ3) is 5.06. The second-order valence-electron chi connectivity index (χ2n) is 8.24. The van der Waals surface area contributed by atoms with Crippen molar-refractivity contribution in [2.75, 3.05) is 39.4 Å². The maximum Gasteiger partial charge on any atom is 0.226 e. The SMILES string of the molecule is Cc1ccccc1Cn1ccnc1CN(CCN1CCOCC1)C(=O)C1CCC1. The van der Waals surface area contributed by atoms with Crippen molar-refractivity contribution in [1.82, 2.24) is 19.4 Å². The highest BCUT2D eigenvalue weighted by Crippen LogP contribution is 2.28. The number of carbonyl (C=O) groups excluding carboxylic acids is 1. The number of ether oxygens (including phenoxy) is 1. The van der Waals surface area contributed by atoms with Gasteiger partial charge in [0.15, 0.2) is 0 Å². The van der Waals surface area contributed by atoms with E-state index >= 15 is 0 Å². The summed E-state index contributed by atoms with van der Waals surface area (Å²) >= 11 is 0. The van der Waals surface area contributed by atoms with Gasteiger partial charge in [-0.1, -0.05) is 30.7 Å². The average Bonchev–Trinajstić information content (AvgIpc) is 3.13. The molecule has 1 saturated heterocycles. The number of imidazole rings is 1. The van der Waals surface area contributed by atoms with Gasteiger partial charge in [0.2, 0.25) is 5.91 Å². The number of carbonyl (C=O) groups is 1. The zero-order valence-electron chi connectivity index (χ0n) is 17.4. The predicted octanol–water partition coefficient (Wildman–Crippen LogP) is 2.70. The Balaban J connectivity index is 1.44. The number of amides is 1. The summed E-state index contributed by atoms with van der Waals surface area (Å²) in [5.41, 5.74) is 2.57. The molecule has 0 radical (unpaired) electrons. The van der Waals surface area contributed by atoms with Crippen LogP contribution in [0.1, 0.15) is 36.2 Å². The minimum atomic E-state index is 0.208. The highest BCUT2D eigenvalue weighted by molar-refractivity contribution is 5.79. The summed E-state index contributed by atoms with van der Waals surface area (Å²) in [7, 11) is 0. The van der Waals surface area contributed by atoms with E-state index in [0.717, 1.165) is 64.6 Å². The predicted molar refractivity (Wildman–Crippen MR) is 113 cm³/mol. The molecule has 156 valence electrons. The number of hydrogen-bond donors (Lipinski definition) is 0. The van der Waals surface area contributed by atoms with Crippen LogP contribution < -0.4 is 0 Å². The molecule has 0 unspecified atom stereocenters. The lowest BCUT2D eigenvalue weighted by Crippen LogP contribution is -2.45. The van der Waals surface area contributed by atoms with Gasteiger partial charge in [-0.3, -0.25) is 9.69 Å². The van der Waals surface area contributed by atoms with E-state index < -0.39 is 0 Å². The van der Waals surface area contributed by atoms with Crippen LogP contribution in [0.5, 0.6) is 0 Å². The minimum absolute atomic E-state index is 0.208. The zero-order chi connectivity index (χ0) is 20.1. The molecule has 1 amide bonds. The second-order valence-corrected chi connectivity index (χ2v) is 8.24. The van der Waals surface area contributed by atoms with E-state index in [1.165, 1.54) is 17.5 Å². The lowest BCUT2D eigenvalue weighted by Gasteiger charge is -2.34. The van der Waals surface area contributed by atoms with E-state index in [9.17, 15) is 4.79 Å². The number of aromatic nitrogens is 2. The van der Waals surface area contributed by atoms with E-state index in [-0.39, 0.29) is 5.92 Å². The first kappa shape index (κ1) is 20.1. The maximum absolute atomic E-state index is 13.1. The van der Waals surface area contributed by atoms with Gasteiger partial charge in [-0.05, 0) is 30.9 Å². The Bertz CT molecular complexity index is 809. The molecule has 1 aromatic carbocycles. The van der Waals surface area contributed by atoms with Crippen molar-refractivity contribution >= 4 is 5.91 Å². The molecule has 2 aliphatic rings. The molecule has 0 bridgehead atoms. The van der Waals surface area contributed by atoms with E-state index in [1.54, 1.807) is 0 Å². The number of nitrogens with zero attached hydrogens (tertiary/aromatic N) is 4. The molecule has 6 nitrogen and oxygen atoms in total. The van der Waals surface area contributed by atoms with Crippen LogP contribution in [0, 0.1) is 12.8 Å². The zero-order valence-corrected chi connectivity index (χ0v) is 17.4. The number of benzene rings is 1. The normalized spacial score (nSPS) is 17.8. The summed E-state index contributed by atoms with van der Waals surface area (Å²) in [6, 6.07) is 8.45. The summed E-state index contributed by atoms with van der Waals surface area (Å²) in [6.07, 6.45) is 7.11. The van der Waals surface area contributed by atoms with Crippen LogP contribution in [0.15, 0.2) is 36.7 Å². The van der Waals surface area contributed by atoms with Crippen molar-refractivity contribution in [1.29, 1.82) is 0 Å². The lowest BCUT2D eigenvalue weighted by atomic mass is 9.84. The molecule has 0 atom stereocenters. The first-order valence-corrected chi connectivity index (χ1v) is 10.8. The van der Waals surface area contributed by atoms with Crippen LogP contribution in [0.4, 0.5) is 0 Å². The molecule has 29 heavy (non-hydrogen) atoms. The Morgan fingerprint density at radius 3 is 2.76 bits per heavy atom. The van der Waals surface area contributed by atoms with E-state index in [0.29, 0.717) is 12.5 Å². The van der Waals surface area contributed by atoms with Gasteiger partial charge in [-0.15, -0.1) is 0 Å². The van der Waals surface area contributed by atoms with Crippen molar-refractivity contribution in [2.24, 2.45) is 5.92 Å². The van der Waals surface area contributed by atoms with Crippen molar-refractivity contribution in [2.45, 2.75) is 39.3 Å². The summed E-state index contributed by atoms with van der Waals surface area (Å²) in [5, 5.41) is 0. The van der Waals surface area contributed by atoms with E-state index in [4.69, 9.17) is 4.74 Å². The van der Waals surface area contributed by atoms with Crippen LogP contribution >= 0.6 is 0 Å². The smallest absolute Gasteiger partial charge is 0.226 e. The summed E-state index contributed by atoms with van der Waals surface area (Å²) < 4.78 is 7.63. The van der Waals surface area contributed by atoms with E-state index in [1.807, 2.05) is 17.3 Å². The van der Waals surface area contributed by atoms with Crippen molar-refractivity contribution in [3.05, 3.63) is 53.6 Å². The Hall–Kier alpha value is -2.18. The lowest BCUT2D eigenvalue weighted by molar-refractivity contribution is -0.139. The van der Waals surface area contributed by atoms with Crippen LogP contribution in [0.2, 0.25) is 0 Å². The van der Waals surface area contributed by atoms with Gasteiger partial charge in [0.25, 0.3) is 0 Å². The molecular formula is C23H32N4O2. The third-order valence-electron chi connectivity index (χ3n) is 6.29. The molecule has 0 spiro atoms. The average molecular weight is 397 g/mol. The quantitative estimate of drug-likeness (QED) is 0.688. The Labute approximate surface area is 173 Å². The van der Waals surface area contributed by atoms with Gasteiger partial charge in [0.1, 0.15) is 5.82 Å². The van der Waals surface area contributed by atoms with Gasteiger partial charge in [-0.2, -0.15) is 0 Å². The fraction of sp³-hybridized carbons (Fsp3) is 0.565. The molecule has 4 rings (SSSR count). The Morgan fingerprint density at radius 1 is 1.24 bits per heavy atom. The standard InChI is InChI=1S/C23H32N4O2/c1-19-5-2-3-6-21(19)17-26-10-9-24-22(26)18-27(23(28)20-7-4-8-20)12-11-25-13-15-29-16-14-25/h2-3,5-6,9-10,20H,4,7-8,11-18H2,1H3. The van der Waals surface area contributed by atoms with Gasteiger partial charge < -0.3 is 14.2 Å². The van der Waals surface area contributed by atoms with E-state index in [2.05, 4.69) is 45.6 Å². The molecule has 6 heteroatoms. The maximum atomic E-state index is 13.1. The van der Waals surface area contributed by atoms with Crippen LogP contribution in [0.25, 0.3) is 0 Å². The first-order valence-electron chi connectivity index (χ1n) is 10.8. The number of morpholine rings is 1. The molecule has 1 aromatic heterocycles. The molecule has 1 aliphatic carbocycles. The summed E-state index contributed by atoms with van der Waals surface area (Å²) in [6.45, 7) is 8.65. The molecule has 1 aliphatic heterocycles.